The van der Waals surface area contributed by atoms with Crippen molar-refractivity contribution in [3.05, 3.63) is 62.0 Å². The van der Waals surface area contributed by atoms with Gasteiger partial charge in [0, 0.05) is 14.5 Å². The Bertz CT molecular complexity index is 601. The quantitative estimate of drug-likeness (QED) is 0.759. The predicted molar refractivity (Wildman–Crippen MR) is 81.2 cm³/mol. The van der Waals surface area contributed by atoms with E-state index in [4.69, 9.17) is 11.6 Å². The van der Waals surface area contributed by atoms with Gasteiger partial charge in [-0.1, -0.05) is 23.7 Å². The number of rotatable bonds is 2. The lowest BCUT2D eigenvalue weighted by Crippen LogP contribution is -2.12. The maximum atomic E-state index is 12.0. The first-order valence-corrected chi connectivity index (χ1v) is 7.05. The summed E-state index contributed by atoms with van der Waals surface area (Å²) in [6.45, 7) is 0. The first-order chi connectivity index (χ1) is 8.58. The predicted octanol–water partition coefficient (Wildman–Crippen LogP) is 5.12. The molecule has 5 heteroatoms. The SMILES string of the molecule is O=C(Nc1ccccc1Br)c1ccc(Br)c(Cl)c1. The number of nitrogens with one attached hydrogen (secondary N) is 1. The van der Waals surface area contributed by atoms with Crippen LogP contribution in [0, 0.1) is 0 Å². The molecular formula is C13H8Br2ClNO. The van der Waals surface area contributed by atoms with Gasteiger partial charge >= 0.3 is 0 Å². The molecule has 0 saturated carbocycles. The highest BCUT2D eigenvalue weighted by Crippen LogP contribution is 2.25. The fourth-order valence-corrected chi connectivity index (χ4v) is 2.21. The summed E-state index contributed by atoms with van der Waals surface area (Å²) in [5.41, 5.74) is 1.24. The topological polar surface area (TPSA) is 29.1 Å². The minimum atomic E-state index is -0.198. The zero-order valence-electron chi connectivity index (χ0n) is 9.08. The average molecular weight is 389 g/mol. The van der Waals surface area contributed by atoms with Crippen LogP contribution in [0.5, 0.6) is 0 Å². The molecule has 0 radical (unpaired) electrons. The van der Waals surface area contributed by atoms with E-state index < -0.39 is 0 Å². The van der Waals surface area contributed by atoms with E-state index in [9.17, 15) is 4.79 Å². The number of benzene rings is 2. The van der Waals surface area contributed by atoms with E-state index in [1.807, 2.05) is 24.3 Å². The summed E-state index contributed by atoms with van der Waals surface area (Å²) in [7, 11) is 0. The molecular weight excluding hydrogens is 381 g/mol. The summed E-state index contributed by atoms with van der Waals surface area (Å²) in [5.74, 6) is -0.198. The molecule has 0 aliphatic carbocycles. The van der Waals surface area contributed by atoms with Crippen molar-refractivity contribution in [3.8, 4) is 0 Å². The van der Waals surface area contributed by atoms with E-state index in [0.717, 1.165) is 14.6 Å². The molecule has 0 aromatic heterocycles. The zero-order chi connectivity index (χ0) is 13.1. The fraction of sp³-hybridized carbons (Fsp3) is 0. The Labute approximate surface area is 127 Å². The smallest absolute Gasteiger partial charge is 0.255 e. The highest BCUT2D eigenvalue weighted by Gasteiger charge is 2.09. The van der Waals surface area contributed by atoms with Crippen molar-refractivity contribution in [2.24, 2.45) is 0 Å². The number of anilines is 1. The summed E-state index contributed by atoms with van der Waals surface area (Å²) in [4.78, 5) is 12.0. The first kappa shape index (κ1) is 13.6. The summed E-state index contributed by atoms with van der Waals surface area (Å²) in [6, 6.07) is 12.5. The molecule has 18 heavy (non-hydrogen) atoms. The van der Waals surface area contributed by atoms with Gasteiger partial charge in [-0.15, -0.1) is 0 Å². The highest BCUT2D eigenvalue weighted by molar-refractivity contribution is 9.11. The molecule has 0 aliphatic rings. The van der Waals surface area contributed by atoms with E-state index in [2.05, 4.69) is 37.2 Å². The third-order valence-corrected chi connectivity index (χ3v) is 4.23. The van der Waals surface area contributed by atoms with Crippen LogP contribution in [-0.4, -0.2) is 5.91 Å². The monoisotopic (exact) mass is 387 g/mol. The van der Waals surface area contributed by atoms with Crippen LogP contribution in [0.2, 0.25) is 5.02 Å². The lowest BCUT2D eigenvalue weighted by atomic mass is 10.2. The summed E-state index contributed by atoms with van der Waals surface area (Å²) >= 11 is 12.6. The van der Waals surface area contributed by atoms with E-state index in [0.29, 0.717) is 10.6 Å². The third kappa shape index (κ3) is 3.13. The van der Waals surface area contributed by atoms with Crippen LogP contribution in [0.4, 0.5) is 5.69 Å². The van der Waals surface area contributed by atoms with Crippen molar-refractivity contribution < 1.29 is 4.79 Å². The van der Waals surface area contributed by atoms with Gasteiger partial charge in [-0.2, -0.15) is 0 Å². The number of carbonyl (C=O) groups excluding carboxylic acids is 1. The second-order valence-corrected chi connectivity index (χ2v) is 5.68. The van der Waals surface area contributed by atoms with Crippen LogP contribution in [0.3, 0.4) is 0 Å². The molecule has 2 aromatic carbocycles. The van der Waals surface area contributed by atoms with Crippen LogP contribution in [0.25, 0.3) is 0 Å². The Kier molecular flexibility index (Phi) is 4.43. The normalized spacial score (nSPS) is 10.2. The average Bonchev–Trinajstić information content (AvgIpc) is 2.35. The van der Waals surface area contributed by atoms with E-state index in [1.54, 1.807) is 18.2 Å². The zero-order valence-corrected chi connectivity index (χ0v) is 13.0. The van der Waals surface area contributed by atoms with E-state index >= 15 is 0 Å². The highest BCUT2D eigenvalue weighted by atomic mass is 79.9. The second kappa shape index (κ2) is 5.87. The van der Waals surface area contributed by atoms with Gasteiger partial charge < -0.3 is 5.32 Å². The summed E-state index contributed by atoms with van der Waals surface area (Å²) < 4.78 is 1.60. The van der Waals surface area contributed by atoms with Gasteiger partial charge in [0.05, 0.1) is 10.7 Å². The lowest BCUT2D eigenvalue weighted by Gasteiger charge is -2.07. The van der Waals surface area contributed by atoms with Gasteiger partial charge in [-0.3, -0.25) is 4.79 Å². The molecule has 0 spiro atoms. The van der Waals surface area contributed by atoms with Gasteiger partial charge in [0.15, 0.2) is 0 Å². The van der Waals surface area contributed by atoms with Crippen molar-refractivity contribution >= 4 is 55.1 Å². The largest absolute Gasteiger partial charge is 0.321 e. The second-order valence-electron chi connectivity index (χ2n) is 3.56. The minimum absolute atomic E-state index is 0.198. The third-order valence-electron chi connectivity index (χ3n) is 2.30. The van der Waals surface area contributed by atoms with Crippen LogP contribution in [0.15, 0.2) is 51.4 Å². The van der Waals surface area contributed by atoms with Crippen LogP contribution in [-0.2, 0) is 0 Å². The van der Waals surface area contributed by atoms with Crippen molar-refractivity contribution in [3.63, 3.8) is 0 Å². The first-order valence-electron chi connectivity index (χ1n) is 5.09. The van der Waals surface area contributed by atoms with Crippen molar-refractivity contribution in [2.75, 3.05) is 5.32 Å². The van der Waals surface area contributed by atoms with Crippen LogP contribution in [0.1, 0.15) is 10.4 Å². The maximum Gasteiger partial charge on any atom is 0.255 e. The number of amides is 1. The summed E-state index contributed by atoms with van der Waals surface area (Å²) in [5, 5.41) is 3.32. The van der Waals surface area contributed by atoms with E-state index in [-0.39, 0.29) is 5.91 Å². The van der Waals surface area contributed by atoms with Gasteiger partial charge in [-0.05, 0) is 62.2 Å². The fourth-order valence-electron chi connectivity index (χ4n) is 1.39. The molecule has 1 N–H and O–H groups in total. The molecule has 92 valence electrons. The van der Waals surface area contributed by atoms with Crippen molar-refractivity contribution in [2.45, 2.75) is 0 Å². The number of hydrogen-bond donors (Lipinski definition) is 1. The summed E-state index contributed by atoms with van der Waals surface area (Å²) in [6.07, 6.45) is 0. The maximum absolute atomic E-state index is 12.0. The van der Waals surface area contributed by atoms with Crippen LogP contribution < -0.4 is 5.32 Å². The van der Waals surface area contributed by atoms with E-state index in [1.165, 1.54) is 0 Å². The number of para-hydroxylation sites is 1. The number of carbonyl (C=O) groups is 1. The molecule has 0 bridgehead atoms. The Hall–Kier alpha value is -0.840. The molecule has 0 saturated heterocycles. The molecule has 0 unspecified atom stereocenters. The molecule has 2 rings (SSSR count). The number of halogens is 3. The lowest BCUT2D eigenvalue weighted by molar-refractivity contribution is 0.102. The van der Waals surface area contributed by atoms with Gasteiger partial charge in [0.1, 0.15) is 0 Å². The molecule has 2 nitrogen and oxygen atoms in total. The Morgan fingerprint density at radius 3 is 2.44 bits per heavy atom. The van der Waals surface area contributed by atoms with Gasteiger partial charge in [-0.25, -0.2) is 0 Å². The molecule has 0 fully saturated rings. The van der Waals surface area contributed by atoms with Crippen molar-refractivity contribution in [1.29, 1.82) is 0 Å². The Morgan fingerprint density at radius 1 is 1.06 bits per heavy atom. The minimum Gasteiger partial charge on any atom is -0.321 e. The van der Waals surface area contributed by atoms with Crippen LogP contribution >= 0.6 is 43.5 Å². The molecule has 0 aliphatic heterocycles. The standard InChI is InChI=1S/C13H8Br2ClNO/c14-9-6-5-8(7-11(9)16)13(18)17-12-4-2-1-3-10(12)15/h1-7H,(H,17,18). The van der Waals surface area contributed by atoms with Gasteiger partial charge in [0.2, 0.25) is 0 Å². The molecule has 0 atom stereocenters. The molecule has 1 amide bonds. The van der Waals surface area contributed by atoms with Gasteiger partial charge in [0.25, 0.3) is 5.91 Å². The molecule has 0 heterocycles. The Morgan fingerprint density at radius 2 is 1.78 bits per heavy atom. The number of hydrogen-bond acceptors (Lipinski definition) is 1. The Balaban J connectivity index is 2.22. The van der Waals surface area contributed by atoms with Crippen molar-refractivity contribution in [1.82, 2.24) is 0 Å². The molecule has 2 aromatic rings.